The summed E-state index contributed by atoms with van der Waals surface area (Å²) in [6.45, 7) is 2.00. The Labute approximate surface area is 113 Å². The third-order valence-electron chi connectivity index (χ3n) is 3.61. The van der Waals surface area contributed by atoms with Crippen molar-refractivity contribution in [2.45, 2.75) is 37.8 Å². The van der Waals surface area contributed by atoms with Crippen molar-refractivity contribution in [2.75, 3.05) is 33.4 Å². The highest BCUT2D eigenvalue weighted by Gasteiger charge is 2.26. The highest BCUT2D eigenvalue weighted by Crippen LogP contribution is 2.18. The Morgan fingerprint density at radius 2 is 1.84 bits per heavy atom. The molecule has 1 aliphatic heterocycles. The highest BCUT2D eigenvalue weighted by molar-refractivity contribution is 5.79. The number of hydrogen-bond acceptors (Lipinski definition) is 4. The van der Waals surface area contributed by atoms with Crippen LogP contribution >= 0.6 is 0 Å². The molecule has 0 aromatic rings. The van der Waals surface area contributed by atoms with Crippen LogP contribution in [-0.2, 0) is 14.3 Å². The van der Waals surface area contributed by atoms with Crippen LogP contribution in [0.3, 0.4) is 0 Å². The lowest BCUT2D eigenvalue weighted by molar-refractivity contribution is -0.131. The molecule has 0 aromatic heterocycles. The molecule has 0 radical (unpaired) electrons. The molecule has 2 aliphatic rings. The molecule has 0 aromatic carbocycles. The zero-order valence-corrected chi connectivity index (χ0v) is 11.5. The van der Waals surface area contributed by atoms with E-state index in [0.717, 1.165) is 25.9 Å². The number of carbonyl (C=O) groups excluding carboxylic acids is 2. The van der Waals surface area contributed by atoms with Crippen LogP contribution in [0, 0.1) is 0 Å². The second-order valence-electron chi connectivity index (χ2n) is 5.31. The van der Waals surface area contributed by atoms with Crippen LogP contribution in [0.5, 0.6) is 0 Å². The van der Waals surface area contributed by atoms with Gasteiger partial charge in [0.1, 0.15) is 6.61 Å². The van der Waals surface area contributed by atoms with Crippen molar-refractivity contribution in [3.05, 3.63) is 0 Å². The van der Waals surface area contributed by atoms with E-state index in [2.05, 4.69) is 10.6 Å². The molecule has 2 N–H and O–H groups in total. The molecular weight excluding hydrogens is 246 g/mol. The summed E-state index contributed by atoms with van der Waals surface area (Å²) in [4.78, 5) is 25.2. The van der Waals surface area contributed by atoms with Crippen LogP contribution in [0.4, 0.5) is 0 Å². The summed E-state index contributed by atoms with van der Waals surface area (Å²) in [7, 11) is 1.51. The summed E-state index contributed by atoms with van der Waals surface area (Å²) in [6, 6.07) is 0.734. The van der Waals surface area contributed by atoms with Gasteiger partial charge >= 0.3 is 0 Å². The average Bonchev–Trinajstić information content (AvgIpc) is 3.21. The topological polar surface area (TPSA) is 70.7 Å². The predicted octanol–water partition coefficient (Wildman–Crippen LogP) is -0.508. The van der Waals surface area contributed by atoms with Gasteiger partial charge in [-0.2, -0.15) is 0 Å². The number of nitrogens with zero attached hydrogens (tertiary/aromatic N) is 1. The molecule has 0 spiro atoms. The molecule has 6 nitrogen and oxygen atoms in total. The van der Waals surface area contributed by atoms with Gasteiger partial charge in [-0.1, -0.05) is 0 Å². The molecule has 108 valence electrons. The molecule has 0 bridgehead atoms. The molecule has 0 unspecified atom stereocenters. The van der Waals surface area contributed by atoms with Gasteiger partial charge in [0, 0.05) is 32.3 Å². The van der Waals surface area contributed by atoms with Crippen molar-refractivity contribution in [1.82, 2.24) is 15.5 Å². The first-order valence-electron chi connectivity index (χ1n) is 6.98. The third-order valence-corrected chi connectivity index (χ3v) is 3.61. The smallest absolute Gasteiger partial charge is 0.246 e. The maximum absolute atomic E-state index is 11.9. The second kappa shape index (κ2) is 6.86. The molecule has 6 heteroatoms. The normalized spacial score (nSPS) is 20.4. The molecule has 2 amide bonds. The fourth-order valence-electron chi connectivity index (χ4n) is 2.30. The van der Waals surface area contributed by atoms with Gasteiger partial charge in [0.25, 0.3) is 0 Å². The van der Waals surface area contributed by atoms with Crippen LogP contribution in [0.15, 0.2) is 0 Å². The Hall–Kier alpha value is -1.14. The predicted molar refractivity (Wildman–Crippen MR) is 70.6 cm³/mol. The molecule has 0 atom stereocenters. The van der Waals surface area contributed by atoms with Gasteiger partial charge in [-0.05, 0) is 25.7 Å². The zero-order chi connectivity index (χ0) is 13.7. The number of amides is 2. The van der Waals surface area contributed by atoms with Crippen LogP contribution < -0.4 is 10.6 Å². The minimum absolute atomic E-state index is 0.0809. The molecule has 1 saturated heterocycles. The first-order chi connectivity index (χ1) is 9.19. The van der Waals surface area contributed by atoms with E-state index in [9.17, 15) is 9.59 Å². The molecule has 2 fully saturated rings. The fourth-order valence-corrected chi connectivity index (χ4v) is 2.30. The lowest BCUT2D eigenvalue weighted by atomic mass is 10.0. The highest BCUT2D eigenvalue weighted by atomic mass is 16.5. The van der Waals surface area contributed by atoms with Gasteiger partial charge < -0.3 is 20.3 Å². The zero-order valence-electron chi connectivity index (χ0n) is 11.5. The number of methoxy groups -OCH3 is 1. The van der Waals surface area contributed by atoms with Crippen LogP contribution in [0.25, 0.3) is 0 Å². The second-order valence-corrected chi connectivity index (χ2v) is 5.31. The Kier molecular flexibility index (Phi) is 5.15. The number of nitrogens with one attached hydrogen (secondary N) is 2. The summed E-state index contributed by atoms with van der Waals surface area (Å²) in [5.41, 5.74) is 0. The van der Waals surface area contributed by atoms with Crippen molar-refractivity contribution in [3.63, 3.8) is 0 Å². The van der Waals surface area contributed by atoms with Crippen molar-refractivity contribution < 1.29 is 14.3 Å². The minimum atomic E-state index is -0.0809. The maximum Gasteiger partial charge on any atom is 0.246 e. The quantitative estimate of drug-likeness (QED) is 0.681. The summed E-state index contributed by atoms with van der Waals surface area (Å²) in [5, 5.41) is 6.16. The summed E-state index contributed by atoms with van der Waals surface area (Å²) in [5.74, 6) is 0.0937. The van der Waals surface area contributed by atoms with Gasteiger partial charge in [0.05, 0.1) is 6.54 Å². The molecule has 19 heavy (non-hydrogen) atoms. The van der Waals surface area contributed by atoms with E-state index in [-0.39, 0.29) is 24.5 Å². The lowest BCUT2D eigenvalue weighted by Crippen LogP contribution is -2.49. The van der Waals surface area contributed by atoms with Crippen molar-refractivity contribution in [2.24, 2.45) is 0 Å². The molecule has 1 saturated carbocycles. The number of hydrogen-bond donors (Lipinski definition) is 2. The van der Waals surface area contributed by atoms with E-state index < -0.39 is 0 Å². The van der Waals surface area contributed by atoms with Crippen LogP contribution in [-0.4, -0.2) is 62.1 Å². The summed E-state index contributed by atoms with van der Waals surface area (Å²) >= 11 is 0. The molecule has 1 heterocycles. The Morgan fingerprint density at radius 3 is 2.42 bits per heavy atom. The number of ether oxygens (including phenoxy) is 1. The fraction of sp³-hybridized carbons (Fsp3) is 0.846. The summed E-state index contributed by atoms with van der Waals surface area (Å²) in [6.07, 6.45) is 4.04. The largest absolute Gasteiger partial charge is 0.375 e. The Morgan fingerprint density at radius 1 is 1.16 bits per heavy atom. The van der Waals surface area contributed by atoms with E-state index >= 15 is 0 Å². The van der Waals surface area contributed by atoms with Crippen LogP contribution in [0.1, 0.15) is 25.7 Å². The van der Waals surface area contributed by atoms with Gasteiger partial charge in [-0.3, -0.25) is 9.59 Å². The van der Waals surface area contributed by atoms with E-state index in [4.69, 9.17) is 4.74 Å². The first kappa shape index (κ1) is 14.3. The van der Waals surface area contributed by atoms with E-state index in [1.807, 2.05) is 4.90 Å². The molecule has 2 rings (SSSR count). The van der Waals surface area contributed by atoms with Gasteiger partial charge in [0.2, 0.25) is 11.8 Å². The molecular formula is C13H23N3O3. The molecule has 1 aliphatic carbocycles. The first-order valence-corrected chi connectivity index (χ1v) is 6.98. The Balaban J connectivity index is 1.63. The van der Waals surface area contributed by atoms with E-state index in [1.165, 1.54) is 20.0 Å². The standard InChI is InChI=1S/C13H23N3O3/c1-19-9-12(17)15-11-4-6-16(7-5-11)13(18)8-14-10-2-3-10/h10-11,14H,2-9H2,1H3,(H,15,17). The number of rotatable bonds is 6. The van der Waals surface area contributed by atoms with Crippen molar-refractivity contribution >= 4 is 11.8 Å². The van der Waals surface area contributed by atoms with Gasteiger partial charge in [0.15, 0.2) is 0 Å². The minimum Gasteiger partial charge on any atom is -0.375 e. The number of likely N-dealkylation sites (tertiary alicyclic amines) is 1. The van der Waals surface area contributed by atoms with Crippen molar-refractivity contribution in [1.29, 1.82) is 0 Å². The average molecular weight is 269 g/mol. The monoisotopic (exact) mass is 269 g/mol. The summed E-state index contributed by atoms with van der Waals surface area (Å²) < 4.78 is 4.78. The van der Waals surface area contributed by atoms with E-state index in [1.54, 1.807) is 0 Å². The Bertz CT molecular complexity index is 323. The lowest BCUT2D eigenvalue weighted by Gasteiger charge is -2.32. The van der Waals surface area contributed by atoms with Crippen molar-refractivity contribution in [3.8, 4) is 0 Å². The number of carbonyl (C=O) groups is 2. The maximum atomic E-state index is 11.9. The van der Waals surface area contributed by atoms with Gasteiger partial charge in [-0.15, -0.1) is 0 Å². The van der Waals surface area contributed by atoms with Gasteiger partial charge in [-0.25, -0.2) is 0 Å². The van der Waals surface area contributed by atoms with Crippen LogP contribution in [0.2, 0.25) is 0 Å². The van der Waals surface area contributed by atoms with E-state index in [0.29, 0.717) is 12.6 Å². The number of piperidine rings is 1. The SMILES string of the molecule is COCC(=O)NC1CCN(C(=O)CNC2CC2)CC1. The third kappa shape index (κ3) is 4.80.